The maximum absolute atomic E-state index is 9.02. The zero-order valence-electron chi connectivity index (χ0n) is 9.25. The first-order chi connectivity index (χ1) is 7.26. The Balaban J connectivity index is 1.89. The summed E-state index contributed by atoms with van der Waals surface area (Å²) in [4.78, 5) is 0. The van der Waals surface area contributed by atoms with Gasteiger partial charge in [0.15, 0.2) is 0 Å². The largest absolute Gasteiger partial charge is 0.468 e. The highest BCUT2D eigenvalue weighted by Crippen LogP contribution is 2.35. The molecule has 0 aromatic carbocycles. The van der Waals surface area contributed by atoms with Gasteiger partial charge >= 0.3 is 0 Å². The van der Waals surface area contributed by atoms with Crippen LogP contribution in [0.2, 0.25) is 0 Å². The maximum atomic E-state index is 9.02. The van der Waals surface area contributed by atoms with Gasteiger partial charge in [0.1, 0.15) is 5.76 Å². The van der Waals surface area contributed by atoms with E-state index in [1.54, 1.807) is 6.26 Å². The third-order valence-electron chi connectivity index (χ3n) is 3.49. The molecular weight excluding hydrogens is 190 g/mol. The van der Waals surface area contributed by atoms with Crippen molar-refractivity contribution in [3.63, 3.8) is 0 Å². The van der Waals surface area contributed by atoms with Gasteiger partial charge in [-0.05, 0) is 44.2 Å². The molecule has 0 aliphatic heterocycles. The zero-order chi connectivity index (χ0) is 10.7. The highest BCUT2D eigenvalue weighted by molar-refractivity contribution is 5.14. The molecule has 0 saturated heterocycles. The highest BCUT2D eigenvalue weighted by atomic mass is 16.3. The summed E-state index contributed by atoms with van der Waals surface area (Å²) in [5.74, 6) is 1.01. The van der Waals surface area contributed by atoms with Gasteiger partial charge in [-0.2, -0.15) is 0 Å². The molecule has 0 unspecified atom stereocenters. The molecule has 1 aromatic heterocycles. The number of nitrogens with one attached hydrogen (secondary N) is 1. The van der Waals surface area contributed by atoms with E-state index in [0.717, 1.165) is 18.7 Å². The topological polar surface area (TPSA) is 45.4 Å². The minimum absolute atomic E-state index is 0.175. The molecule has 0 amide bonds. The molecule has 84 valence electrons. The van der Waals surface area contributed by atoms with Crippen molar-refractivity contribution in [1.29, 1.82) is 0 Å². The summed E-state index contributed by atoms with van der Waals surface area (Å²) >= 11 is 0. The van der Waals surface area contributed by atoms with Crippen LogP contribution in [0.1, 0.15) is 37.0 Å². The van der Waals surface area contributed by atoms with Gasteiger partial charge in [0.2, 0.25) is 0 Å². The molecule has 0 radical (unpaired) electrons. The summed E-state index contributed by atoms with van der Waals surface area (Å²) < 4.78 is 5.38. The molecular formula is C12H19NO2. The van der Waals surface area contributed by atoms with Crippen LogP contribution in [0.25, 0.3) is 0 Å². The Morgan fingerprint density at radius 2 is 2.33 bits per heavy atom. The van der Waals surface area contributed by atoms with Gasteiger partial charge in [-0.3, -0.25) is 0 Å². The van der Waals surface area contributed by atoms with E-state index in [0.29, 0.717) is 0 Å². The highest BCUT2D eigenvalue weighted by Gasteiger charge is 2.35. The van der Waals surface area contributed by atoms with Gasteiger partial charge in [-0.25, -0.2) is 0 Å². The average Bonchev–Trinajstić information content (AvgIpc) is 2.56. The Labute approximate surface area is 90.5 Å². The van der Waals surface area contributed by atoms with Crippen LogP contribution in [0.5, 0.6) is 0 Å². The van der Waals surface area contributed by atoms with E-state index in [4.69, 9.17) is 9.52 Å². The third kappa shape index (κ3) is 2.24. The van der Waals surface area contributed by atoms with Crippen molar-refractivity contribution in [2.45, 2.75) is 44.7 Å². The SMILES string of the molecule is Cc1ccoc1CNC1(CCO)CCC1. The Morgan fingerprint density at radius 3 is 2.80 bits per heavy atom. The van der Waals surface area contributed by atoms with E-state index in [9.17, 15) is 0 Å². The van der Waals surface area contributed by atoms with Crippen molar-refractivity contribution in [3.05, 3.63) is 23.7 Å². The standard InChI is InChI=1S/C12H19NO2/c1-10-3-8-15-11(10)9-13-12(6-7-14)4-2-5-12/h3,8,13-14H,2,4-7,9H2,1H3. The summed E-state index contributed by atoms with van der Waals surface area (Å²) in [5.41, 5.74) is 1.37. The number of aliphatic hydroxyl groups is 1. The quantitative estimate of drug-likeness (QED) is 0.779. The summed E-state index contributed by atoms with van der Waals surface area (Å²) in [7, 11) is 0. The number of aliphatic hydroxyl groups excluding tert-OH is 1. The molecule has 1 aliphatic rings. The molecule has 1 heterocycles. The van der Waals surface area contributed by atoms with Crippen molar-refractivity contribution in [1.82, 2.24) is 5.32 Å². The molecule has 0 atom stereocenters. The lowest BCUT2D eigenvalue weighted by atomic mass is 9.74. The van der Waals surface area contributed by atoms with Gasteiger partial charge in [-0.15, -0.1) is 0 Å². The first-order valence-electron chi connectivity index (χ1n) is 5.65. The minimum atomic E-state index is 0.175. The van der Waals surface area contributed by atoms with E-state index in [-0.39, 0.29) is 12.1 Å². The van der Waals surface area contributed by atoms with Crippen LogP contribution >= 0.6 is 0 Å². The van der Waals surface area contributed by atoms with Gasteiger partial charge in [0.25, 0.3) is 0 Å². The van der Waals surface area contributed by atoms with E-state index < -0.39 is 0 Å². The Hall–Kier alpha value is -0.800. The Bertz CT molecular complexity index is 315. The molecule has 2 rings (SSSR count). The fourth-order valence-electron chi connectivity index (χ4n) is 2.19. The molecule has 2 N–H and O–H groups in total. The van der Waals surface area contributed by atoms with Gasteiger partial charge in [-0.1, -0.05) is 0 Å². The molecule has 0 spiro atoms. The van der Waals surface area contributed by atoms with Gasteiger partial charge in [0.05, 0.1) is 12.8 Å². The number of rotatable bonds is 5. The molecule has 3 nitrogen and oxygen atoms in total. The van der Waals surface area contributed by atoms with Crippen molar-refractivity contribution < 1.29 is 9.52 Å². The average molecular weight is 209 g/mol. The fraction of sp³-hybridized carbons (Fsp3) is 0.667. The van der Waals surface area contributed by atoms with Crippen molar-refractivity contribution in [2.24, 2.45) is 0 Å². The van der Waals surface area contributed by atoms with Gasteiger partial charge in [0, 0.05) is 12.1 Å². The van der Waals surface area contributed by atoms with Crippen LogP contribution in [0, 0.1) is 6.92 Å². The molecule has 15 heavy (non-hydrogen) atoms. The lowest BCUT2D eigenvalue weighted by Crippen LogP contribution is -2.51. The summed E-state index contributed by atoms with van der Waals surface area (Å²) in [6.07, 6.45) is 6.20. The van der Waals surface area contributed by atoms with Crippen molar-refractivity contribution in [2.75, 3.05) is 6.61 Å². The molecule has 0 bridgehead atoms. The van der Waals surface area contributed by atoms with Crippen molar-refractivity contribution >= 4 is 0 Å². The fourth-order valence-corrected chi connectivity index (χ4v) is 2.19. The second-order valence-corrected chi connectivity index (χ2v) is 4.49. The summed E-state index contributed by atoms with van der Waals surface area (Å²) in [6, 6.07) is 1.98. The van der Waals surface area contributed by atoms with Crippen LogP contribution < -0.4 is 5.32 Å². The predicted molar refractivity (Wildman–Crippen MR) is 58.6 cm³/mol. The van der Waals surface area contributed by atoms with Gasteiger partial charge < -0.3 is 14.8 Å². The number of aryl methyl sites for hydroxylation is 1. The van der Waals surface area contributed by atoms with E-state index >= 15 is 0 Å². The monoisotopic (exact) mass is 209 g/mol. The van der Waals surface area contributed by atoms with Crippen LogP contribution in [-0.4, -0.2) is 17.3 Å². The second-order valence-electron chi connectivity index (χ2n) is 4.49. The molecule has 1 saturated carbocycles. The molecule has 1 aliphatic carbocycles. The van der Waals surface area contributed by atoms with E-state index in [1.807, 2.05) is 6.07 Å². The number of hydrogen-bond acceptors (Lipinski definition) is 3. The second kappa shape index (κ2) is 4.37. The van der Waals surface area contributed by atoms with Crippen LogP contribution in [-0.2, 0) is 6.54 Å². The predicted octanol–water partition coefficient (Wildman–Crippen LogP) is 1.98. The number of furan rings is 1. The smallest absolute Gasteiger partial charge is 0.120 e. The van der Waals surface area contributed by atoms with Crippen LogP contribution in [0.15, 0.2) is 16.7 Å². The minimum Gasteiger partial charge on any atom is -0.468 e. The normalized spacial score (nSPS) is 18.8. The lowest BCUT2D eigenvalue weighted by Gasteiger charge is -2.42. The zero-order valence-corrected chi connectivity index (χ0v) is 9.25. The van der Waals surface area contributed by atoms with E-state index in [1.165, 1.54) is 24.8 Å². The Morgan fingerprint density at radius 1 is 1.53 bits per heavy atom. The maximum Gasteiger partial charge on any atom is 0.120 e. The first kappa shape index (κ1) is 10.7. The summed E-state index contributed by atoms with van der Waals surface area (Å²) in [5, 5.41) is 12.5. The Kier molecular flexibility index (Phi) is 3.12. The molecule has 1 fully saturated rings. The molecule has 3 heteroatoms. The van der Waals surface area contributed by atoms with Crippen LogP contribution in [0.3, 0.4) is 0 Å². The lowest BCUT2D eigenvalue weighted by molar-refractivity contribution is 0.127. The number of hydrogen-bond donors (Lipinski definition) is 2. The first-order valence-corrected chi connectivity index (χ1v) is 5.65. The van der Waals surface area contributed by atoms with E-state index in [2.05, 4.69) is 12.2 Å². The van der Waals surface area contributed by atoms with Crippen molar-refractivity contribution in [3.8, 4) is 0 Å². The molecule has 1 aromatic rings. The van der Waals surface area contributed by atoms with Crippen LogP contribution in [0.4, 0.5) is 0 Å². The third-order valence-corrected chi connectivity index (χ3v) is 3.49. The summed E-state index contributed by atoms with van der Waals surface area (Å²) in [6.45, 7) is 3.10.